The number of thiazole rings is 1. The Morgan fingerprint density at radius 1 is 1.15 bits per heavy atom. The minimum Gasteiger partial charge on any atom is -0.356 e. The van der Waals surface area contributed by atoms with Gasteiger partial charge in [0, 0.05) is 23.3 Å². The molecule has 1 aromatic carbocycles. The van der Waals surface area contributed by atoms with Crippen LogP contribution in [0.2, 0.25) is 0 Å². The Morgan fingerprint density at radius 2 is 1.94 bits per heavy atom. The molecular weight excluding hydrogens is 434 g/mol. The third-order valence-corrected chi connectivity index (χ3v) is 6.63. The fraction of sp³-hybridized carbons (Fsp3) is 0.360. The number of carbonyl (C=O) groups excluding carboxylic acids is 1. The molecule has 7 nitrogen and oxygen atoms in total. The number of nitrogens with one attached hydrogen (secondary N) is 1. The molecule has 0 saturated heterocycles. The van der Waals surface area contributed by atoms with E-state index >= 15 is 0 Å². The summed E-state index contributed by atoms with van der Waals surface area (Å²) in [5, 5.41) is 9.55. The van der Waals surface area contributed by atoms with Gasteiger partial charge in [0.1, 0.15) is 5.69 Å². The van der Waals surface area contributed by atoms with Crippen LogP contribution >= 0.6 is 11.3 Å². The van der Waals surface area contributed by atoms with Gasteiger partial charge in [-0.15, -0.1) is 11.3 Å². The standard InChI is InChI=1S/C25H29N5O2S/c1-6-7-10-26-22(31)13-19-14-33-25-27-18(5)23(24(32)29(19)25)20-12-17(4)30(28-20)21-11-15(2)8-9-16(21)3/h8-9,11-12,14H,6-7,10,13H2,1-5H3,(H,26,31). The smallest absolute Gasteiger partial charge is 0.268 e. The first-order chi connectivity index (χ1) is 15.8. The number of aromatic nitrogens is 4. The molecule has 0 unspecified atom stereocenters. The summed E-state index contributed by atoms with van der Waals surface area (Å²) >= 11 is 1.37. The van der Waals surface area contributed by atoms with Gasteiger partial charge in [-0.1, -0.05) is 25.5 Å². The van der Waals surface area contributed by atoms with Crippen molar-refractivity contribution < 1.29 is 4.79 Å². The monoisotopic (exact) mass is 463 g/mol. The van der Waals surface area contributed by atoms with Gasteiger partial charge in [0.15, 0.2) is 4.96 Å². The van der Waals surface area contributed by atoms with E-state index in [0.717, 1.165) is 35.3 Å². The lowest BCUT2D eigenvalue weighted by molar-refractivity contribution is -0.120. The topological polar surface area (TPSA) is 81.3 Å². The highest BCUT2D eigenvalue weighted by Gasteiger charge is 2.20. The third kappa shape index (κ3) is 4.48. The molecule has 8 heteroatoms. The van der Waals surface area contributed by atoms with Crippen molar-refractivity contribution >= 4 is 22.2 Å². The predicted octanol–water partition coefficient (Wildman–Crippen LogP) is 4.30. The van der Waals surface area contributed by atoms with Crippen molar-refractivity contribution in [1.82, 2.24) is 24.5 Å². The highest BCUT2D eigenvalue weighted by molar-refractivity contribution is 7.15. The van der Waals surface area contributed by atoms with Gasteiger partial charge >= 0.3 is 0 Å². The average Bonchev–Trinajstić information content (AvgIpc) is 3.33. The van der Waals surface area contributed by atoms with Crippen LogP contribution in [0.3, 0.4) is 0 Å². The van der Waals surface area contributed by atoms with Crippen LogP contribution in [-0.2, 0) is 11.2 Å². The van der Waals surface area contributed by atoms with Gasteiger partial charge in [0.25, 0.3) is 5.56 Å². The summed E-state index contributed by atoms with van der Waals surface area (Å²) in [6.07, 6.45) is 2.09. The zero-order valence-electron chi connectivity index (χ0n) is 19.7. The van der Waals surface area contributed by atoms with Crippen LogP contribution < -0.4 is 10.9 Å². The van der Waals surface area contributed by atoms with E-state index < -0.39 is 0 Å². The maximum atomic E-state index is 13.6. The van der Waals surface area contributed by atoms with Gasteiger partial charge in [0.05, 0.1) is 23.4 Å². The van der Waals surface area contributed by atoms with Gasteiger partial charge in [-0.3, -0.25) is 14.0 Å². The average molecular weight is 464 g/mol. The molecule has 1 N–H and O–H groups in total. The molecule has 0 aliphatic rings. The Hall–Kier alpha value is -3.26. The number of hydrogen-bond acceptors (Lipinski definition) is 5. The highest BCUT2D eigenvalue weighted by atomic mass is 32.1. The molecule has 0 saturated carbocycles. The summed E-state index contributed by atoms with van der Waals surface area (Å²) in [7, 11) is 0. The summed E-state index contributed by atoms with van der Waals surface area (Å²) in [6.45, 7) is 10.6. The van der Waals surface area contributed by atoms with E-state index in [0.29, 0.717) is 34.2 Å². The Labute approximate surface area is 197 Å². The number of amides is 1. The molecule has 0 fully saturated rings. The second kappa shape index (κ2) is 9.31. The number of benzene rings is 1. The number of rotatable bonds is 7. The minimum absolute atomic E-state index is 0.0905. The number of unbranched alkanes of at least 4 members (excludes halogenated alkanes) is 1. The van der Waals surface area contributed by atoms with Crippen molar-refractivity contribution in [3.05, 3.63) is 68.2 Å². The van der Waals surface area contributed by atoms with Gasteiger partial charge < -0.3 is 5.32 Å². The van der Waals surface area contributed by atoms with Gasteiger partial charge in [-0.2, -0.15) is 5.10 Å². The van der Waals surface area contributed by atoms with Crippen LogP contribution in [0, 0.1) is 27.7 Å². The fourth-order valence-corrected chi connectivity index (χ4v) is 4.87. The quantitative estimate of drug-likeness (QED) is 0.414. The van der Waals surface area contributed by atoms with E-state index in [4.69, 9.17) is 5.10 Å². The summed E-state index contributed by atoms with van der Waals surface area (Å²) in [4.78, 5) is 31.2. The summed E-state index contributed by atoms with van der Waals surface area (Å²) in [5.74, 6) is -0.0905. The van der Waals surface area contributed by atoms with Crippen LogP contribution in [-0.4, -0.2) is 31.6 Å². The van der Waals surface area contributed by atoms with E-state index in [1.807, 2.05) is 43.8 Å². The number of carbonyl (C=O) groups is 1. The van der Waals surface area contributed by atoms with E-state index in [2.05, 4.69) is 35.4 Å². The summed E-state index contributed by atoms with van der Waals surface area (Å²) in [5.41, 5.74) is 6.31. The second-order valence-electron chi connectivity index (χ2n) is 8.48. The Kier molecular flexibility index (Phi) is 6.47. The molecular formula is C25H29N5O2S. The maximum absolute atomic E-state index is 13.6. The number of hydrogen-bond donors (Lipinski definition) is 1. The van der Waals surface area contributed by atoms with Crippen molar-refractivity contribution in [2.24, 2.45) is 0 Å². The number of nitrogens with zero attached hydrogens (tertiary/aromatic N) is 4. The number of aryl methyl sites for hydroxylation is 4. The van der Waals surface area contributed by atoms with E-state index in [9.17, 15) is 9.59 Å². The van der Waals surface area contributed by atoms with Gasteiger partial charge in [-0.05, 0) is 57.4 Å². The van der Waals surface area contributed by atoms with Crippen molar-refractivity contribution in [2.75, 3.05) is 6.54 Å². The first-order valence-electron chi connectivity index (χ1n) is 11.2. The first kappa shape index (κ1) is 22.9. The molecule has 3 aromatic heterocycles. The Bertz CT molecular complexity index is 1400. The minimum atomic E-state index is -0.194. The van der Waals surface area contributed by atoms with Crippen molar-refractivity contribution in [3.63, 3.8) is 0 Å². The lowest BCUT2D eigenvalue weighted by atomic mass is 10.1. The number of fused-ring (bicyclic) bond motifs is 1. The van der Waals surface area contributed by atoms with E-state index in [1.165, 1.54) is 11.3 Å². The zero-order chi connectivity index (χ0) is 23.7. The molecule has 3 heterocycles. The molecule has 0 aliphatic heterocycles. The van der Waals surface area contributed by atoms with Crippen LogP contribution in [0.5, 0.6) is 0 Å². The molecule has 33 heavy (non-hydrogen) atoms. The molecule has 1 amide bonds. The van der Waals surface area contributed by atoms with Gasteiger partial charge in [-0.25, -0.2) is 9.67 Å². The molecule has 172 valence electrons. The molecule has 0 radical (unpaired) electrons. The van der Waals surface area contributed by atoms with Crippen molar-refractivity contribution in [1.29, 1.82) is 0 Å². The highest BCUT2D eigenvalue weighted by Crippen LogP contribution is 2.25. The van der Waals surface area contributed by atoms with Crippen molar-refractivity contribution in [3.8, 4) is 16.9 Å². The molecule has 4 rings (SSSR count). The molecule has 4 aromatic rings. The first-order valence-corrected chi connectivity index (χ1v) is 12.1. The molecule has 0 spiro atoms. The molecule has 0 atom stereocenters. The van der Waals surface area contributed by atoms with Gasteiger partial charge in [0.2, 0.25) is 5.91 Å². The normalized spacial score (nSPS) is 11.3. The van der Waals surface area contributed by atoms with Crippen LogP contribution in [0.4, 0.5) is 0 Å². The van der Waals surface area contributed by atoms with Crippen LogP contribution in [0.1, 0.15) is 48.0 Å². The lowest BCUT2D eigenvalue weighted by Crippen LogP contribution is -2.28. The van der Waals surface area contributed by atoms with Crippen molar-refractivity contribution in [2.45, 2.75) is 53.9 Å². The fourth-order valence-electron chi connectivity index (χ4n) is 3.94. The maximum Gasteiger partial charge on any atom is 0.268 e. The molecule has 0 bridgehead atoms. The SMILES string of the molecule is CCCCNC(=O)Cc1csc2nc(C)c(-c3cc(C)n(-c4cc(C)ccc4C)n3)c(=O)n12. The van der Waals surface area contributed by atoms with Crippen LogP contribution in [0.25, 0.3) is 21.9 Å². The second-order valence-corrected chi connectivity index (χ2v) is 9.31. The molecule has 0 aliphatic carbocycles. The largest absolute Gasteiger partial charge is 0.356 e. The Morgan fingerprint density at radius 3 is 2.70 bits per heavy atom. The summed E-state index contributed by atoms with van der Waals surface area (Å²) < 4.78 is 3.43. The Balaban J connectivity index is 1.77. The van der Waals surface area contributed by atoms with Crippen LogP contribution in [0.15, 0.2) is 34.4 Å². The predicted molar refractivity (Wildman–Crippen MR) is 132 cm³/mol. The zero-order valence-corrected chi connectivity index (χ0v) is 20.5. The summed E-state index contributed by atoms with van der Waals surface area (Å²) in [6, 6.07) is 8.16. The van der Waals surface area contributed by atoms with E-state index in [1.54, 1.807) is 4.40 Å². The van der Waals surface area contributed by atoms with E-state index in [-0.39, 0.29) is 17.9 Å². The lowest BCUT2D eigenvalue weighted by Gasteiger charge is -2.09. The third-order valence-electron chi connectivity index (χ3n) is 5.75.